The van der Waals surface area contributed by atoms with Crippen LogP contribution in [0, 0.1) is 10.1 Å². The van der Waals surface area contributed by atoms with Crippen LogP contribution in [0.25, 0.3) is 11.5 Å². The predicted octanol–water partition coefficient (Wildman–Crippen LogP) is 3.62. The molecule has 1 aliphatic rings. The van der Waals surface area contributed by atoms with Gasteiger partial charge in [-0.2, -0.15) is 13.2 Å². The number of non-ortho nitro benzene ring substituents is 1. The summed E-state index contributed by atoms with van der Waals surface area (Å²) in [6, 6.07) is 10.5. The minimum absolute atomic E-state index is 0.0521. The van der Waals surface area contributed by atoms with E-state index in [9.17, 15) is 28.1 Å². The van der Waals surface area contributed by atoms with Gasteiger partial charge in [-0.15, -0.1) is 10.2 Å². The fraction of sp³-hybridized carbons (Fsp3) is 0.286. The van der Waals surface area contributed by atoms with E-state index in [2.05, 4.69) is 10.2 Å². The Bertz CT molecular complexity index is 1160. The number of alkyl halides is 3. The molecule has 172 valence electrons. The summed E-state index contributed by atoms with van der Waals surface area (Å²) in [5.74, 6) is -0.108. The van der Waals surface area contributed by atoms with E-state index in [4.69, 9.17) is 4.42 Å². The van der Waals surface area contributed by atoms with Crippen LogP contribution in [0.3, 0.4) is 0 Å². The van der Waals surface area contributed by atoms with Gasteiger partial charge in [0.2, 0.25) is 11.8 Å². The van der Waals surface area contributed by atoms with E-state index in [1.807, 2.05) is 4.90 Å². The lowest BCUT2D eigenvalue weighted by Gasteiger charge is -2.34. The fourth-order valence-corrected chi connectivity index (χ4v) is 3.55. The topological polar surface area (TPSA) is 106 Å². The molecule has 0 spiro atoms. The number of carbonyl (C=O) groups is 1. The zero-order valence-electron chi connectivity index (χ0n) is 17.2. The molecule has 0 aliphatic carbocycles. The minimum atomic E-state index is -4.60. The largest absolute Gasteiger partial charge is 0.419 e. The maximum Gasteiger partial charge on any atom is 0.417 e. The van der Waals surface area contributed by atoms with E-state index in [-0.39, 0.29) is 30.2 Å². The number of nitro benzene ring substituents is 1. The fourth-order valence-electron chi connectivity index (χ4n) is 3.55. The van der Waals surface area contributed by atoms with Crippen molar-refractivity contribution in [1.82, 2.24) is 20.0 Å². The Morgan fingerprint density at radius 1 is 1.03 bits per heavy atom. The maximum absolute atomic E-state index is 13.2. The summed E-state index contributed by atoms with van der Waals surface area (Å²) in [5, 5.41) is 18.7. The average Bonchev–Trinajstić information content (AvgIpc) is 3.27. The predicted molar refractivity (Wildman–Crippen MR) is 109 cm³/mol. The molecule has 9 nitrogen and oxygen atoms in total. The molecule has 0 atom stereocenters. The number of benzene rings is 2. The third-order valence-electron chi connectivity index (χ3n) is 5.27. The first-order valence-corrected chi connectivity index (χ1v) is 9.97. The molecule has 1 aliphatic heterocycles. The van der Waals surface area contributed by atoms with Gasteiger partial charge in [0, 0.05) is 43.9 Å². The smallest absolute Gasteiger partial charge is 0.417 e. The van der Waals surface area contributed by atoms with Crippen LogP contribution in [-0.2, 0) is 12.7 Å². The van der Waals surface area contributed by atoms with E-state index in [1.165, 1.54) is 47.4 Å². The van der Waals surface area contributed by atoms with E-state index >= 15 is 0 Å². The number of amides is 1. The Balaban J connectivity index is 1.36. The van der Waals surface area contributed by atoms with Crippen molar-refractivity contribution < 1.29 is 27.3 Å². The van der Waals surface area contributed by atoms with Gasteiger partial charge < -0.3 is 9.32 Å². The van der Waals surface area contributed by atoms with E-state index in [1.54, 1.807) is 0 Å². The standard InChI is InChI=1S/C21H18F3N5O4/c22-21(23,24)17-4-2-1-3-16(17)20(30)28-11-9-27(10-12-28)13-18-25-26-19(33-18)14-5-7-15(8-6-14)29(31)32/h1-8H,9-13H2. The average molecular weight is 461 g/mol. The van der Waals surface area contributed by atoms with Crippen LogP contribution in [0.2, 0.25) is 0 Å². The summed E-state index contributed by atoms with van der Waals surface area (Å²) < 4.78 is 45.3. The number of carbonyl (C=O) groups excluding carboxylic acids is 1. The lowest BCUT2D eigenvalue weighted by atomic mass is 10.1. The van der Waals surface area contributed by atoms with Gasteiger partial charge in [0.25, 0.3) is 11.6 Å². The summed E-state index contributed by atoms with van der Waals surface area (Å²) in [5.41, 5.74) is -0.813. The number of nitro groups is 1. The number of rotatable bonds is 5. The molecule has 0 bridgehead atoms. The zero-order chi connectivity index (χ0) is 23.6. The van der Waals surface area contributed by atoms with Crippen molar-refractivity contribution in [2.24, 2.45) is 0 Å². The quantitative estimate of drug-likeness (QED) is 0.422. The molecule has 0 saturated carbocycles. The second kappa shape index (κ2) is 8.98. The van der Waals surface area contributed by atoms with Crippen molar-refractivity contribution in [3.05, 3.63) is 75.7 Å². The summed E-state index contributed by atoms with van der Waals surface area (Å²) in [7, 11) is 0. The molecule has 33 heavy (non-hydrogen) atoms. The Labute approximate surface area is 185 Å². The minimum Gasteiger partial charge on any atom is -0.419 e. The number of aromatic nitrogens is 2. The molecule has 1 fully saturated rings. The van der Waals surface area contributed by atoms with Crippen molar-refractivity contribution in [2.75, 3.05) is 26.2 Å². The monoisotopic (exact) mass is 461 g/mol. The molecular weight excluding hydrogens is 443 g/mol. The second-order valence-electron chi connectivity index (χ2n) is 7.42. The molecular formula is C21H18F3N5O4. The van der Waals surface area contributed by atoms with Crippen LogP contribution in [0.4, 0.5) is 18.9 Å². The van der Waals surface area contributed by atoms with Crippen molar-refractivity contribution in [1.29, 1.82) is 0 Å². The highest BCUT2D eigenvalue weighted by Crippen LogP contribution is 2.32. The third-order valence-corrected chi connectivity index (χ3v) is 5.27. The highest BCUT2D eigenvalue weighted by molar-refractivity contribution is 5.96. The summed E-state index contributed by atoms with van der Waals surface area (Å²) in [6.07, 6.45) is -4.60. The normalized spacial score (nSPS) is 14.9. The van der Waals surface area contributed by atoms with Gasteiger partial charge >= 0.3 is 6.18 Å². The number of hydrogen-bond acceptors (Lipinski definition) is 7. The number of nitrogens with zero attached hydrogens (tertiary/aromatic N) is 5. The molecule has 2 heterocycles. The SMILES string of the molecule is O=C(c1ccccc1C(F)(F)F)N1CCN(Cc2nnc(-c3ccc([N+](=O)[O-])cc3)o2)CC1. The number of hydrogen-bond donors (Lipinski definition) is 0. The first kappa shape index (κ1) is 22.4. The Hall–Kier alpha value is -3.80. The van der Waals surface area contributed by atoms with Crippen LogP contribution in [0.5, 0.6) is 0 Å². The second-order valence-corrected chi connectivity index (χ2v) is 7.42. The first-order valence-electron chi connectivity index (χ1n) is 9.97. The van der Waals surface area contributed by atoms with Crippen LogP contribution in [0.15, 0.2) is 52.9 Å². The third kappa shape index (κ3) is 5.00. The van der Waals surface area contributed by atoms with Crippen molar-refractivity contribution in [2.45, 2.75) is 12.7 Å². The molecule has 1 amide bonds. The highest BCUT2D eigenvalue weighted by Gasteiger charge is 2.36. The molecule has 1 saturated heterocycles. The van der Waals surface area contributed by atoms with Gasteiger partial charge in [-0.05, 0) is 24.3 Å². The van der Waals surface area contributed by atoms with Crippen LogP contribution in [-0.4, -0.2) is 57.0 Å². The molecule has 0 N–H and O–H groups in total. The molecule has 2 aromatic carbocycles. The van der Waals surface area contributed by atoms with Crippen molar-refractivity contribution in [3.8, 4) is 11.5 Å². The van der Waals surface area contributed by atoms with Crippen molar-refractivity contribution in [3.63, 3.8) is 0 Å². The molecule has 0 radical (unpaired) electrons. The molecule has 12 heteroatoms. The van der Waals surface area contributed by atoms with Gasteiger partial charge in [0.05, 0.1) is 22.6 Å². The summed E-state index contributed by atoms with van der Waals surface area (Å²) >= 11 is 0. The molecule has 1 aromatic heterocycles. The zero-order valence-corrected chi connectivity index (χ0v) is 17.2. The maximum atomic E-state index is 13.2. The van der Waals surface area contributed by atoms with Gasteiger partial charge in [0.15, 0.2) is 0 Å². The molecule has 0 unspecified atom stereocenters. The van der Waals surface area contributed by atoms with Gasteiger partial charge in [-0.25, -0.2) is 0 Å². The van der Waals surface area contributed by atoms with Crippen LogP contribution >= 0.6 is 0 Å². The molecule has 3 aromatic rings. The lowest BCUT2D eigenvalue weighted by Crippen LogP contribution is -2.48. The number of halogens is 3. The Kier molecular flexibility index (Phi) is 6.09. The van der Waals surface area contributed by atoms with Crippen LogP contribution in [0.1, 0.15) is 21.8 Å². The van der Waals surface area contributed by atoms with Gasteiger partial charge in [0.1, 0.15) is 0 Å². The van der Waals surface area contributed by atoms with E-state index in [0.717, 1.165) is 6.07 Å². The van der Waals surface area contributed by atoms with Gasteiger partial charge in [-0.3, -0.25) is 19.8 Å². The Morgan fingerprint density at radius 3 is 2.33 bits per heavy atom. The lowest BCUT2D eigenvalue weighted by molar-refractivity contribution is -0.384. The highest BCUT2D eigenvalue weighted by atomic mass is 19.4. The van der Waals surface area contributed by atoms with Crippen LogP contribution < -0.4 is 0 Å². The van der Waals surface area contributed by atoms with Crippen molar-refractivity contribution >= 4 is 11.6 Å². The molecule has 4 rings (SSSR count). The van der Waals surface area contributed by atoms with E-state index < -0.39 is 22.6 Å². The summed E-state index contributed by atoms with van der Waals surface area (Å²) in [6.45, 7) is 1.67. The first-order chi connectivity index (χ1) is 15.7. The number of piperazine rings is 1. The van der Waals surface area contributed by atoms with Gasteiger partial charge in [-0.1, -0.05) is 12.1 Å². The Morgan fingerprint density at radius 2 is 1.70 bits per heavy atom. The van der Waals surface area contributed by atoms with E-state index in [0.29, 0.717) is 31.1 Å². The summed E-state index contributed by atoms with van der Waals surface area (Å²) in [4.78, 5) is 26.3.